The zero-order valence-electron chi connectivity index (χ0n) is 12.9. The SMILES string of the molecule is CCc1noc(C)c1C(=O)N(Cc1cocn1)Cc1cocn1. The molecule has 120 valence electrons. The highest BCUT2D eigenvalue weighted by Crippen LogP contribution is 2.19. The smallest absolute Gasteiger partial charge is 0.260 e. The Balaban J connectivity index is 1.90. The maximum absolute atomic E-state index is 13.0. The first-order valence-corrected chi connectivity index (χ1v) is 7.17. The molecule has 0 aliphatic heterocycles. The van der Waals surface area contributed by atoms with Gasteiger partial charge in [0.15, 0.2) is 12.8 Å². The predicted molar refractivity (Wildman–Crippen MR) is 77.2 cm³/mol. The lowest BCUT2D eigenvalue weighted by Crippen LogP contribution is -2.31. The largest absolute Gasteiger partial charge is 0.451 e. The van der Waals surface area contributed by atoms with Crippen molar-refractivity contribution in [3.8, 4) is 0 Å². The summed E-state index contributed by atoms with van der Waals surface area (Å²) in [7, 11) is 0. The highest BCUT2D eigenvalue weighted by atomic mass is 16.5. The molecule has 3 aromatic heterocycles. The fraction of sp³-hybridized carbons (Fsp3) is 0.333. The molecule has 0 aromatic carbocycles. The first-order chi connectivity index (χ1) is 11.2. The lowest BCUT2D eigenvalue weighted by atomic mass is 10.1. The molecule has 0 saturated heterocycles. The Kier molecular flexibility index (Phi) is 4.22. The summed E-state index contributed by atoms with van der Waals surface area (Å²) in [5.41, 5.74) is 2.42. The van der Waals surface area contributed by atoms with E-state index in [0.29, 0.717) is 34.8 Å². The first-order valence-electron chi connectivity index (χ1n) is 7.17. The number of rotatable bonds is 6. The van der Waals surface area contributed by atoms with Crippen LogP contribution in [-0.4, -0.2) is 25.9 Å². The maximum atomic E-state index is 13.0. The molecule has 0 bridgehead atoms. The van der Waals surface area contributed by atoms with Crippen LogP contribution in [0.15, 0.2) is 38.7 Å². The number of aromatic nitrogens is 3. The molecule has 0 saturated carbocycles. The van der Waals surface area contributed by atoms with Gasteiger partial charge in [0.25, 0.3) is 5.91 Å². The molecule has 3 rings (SSSR count). The average Bonchev–Trinajstić information content (AvgIpc) is 3.28. The Morgan fingerprint density at radius 3 is 2.22 bits per heavy atom. The molecular formula is C15H16N4O4. The van der Waals surface area contributed by atoms with E-state index in [9.17, 15) is 4.79 Å². The molecule has 0 aliphatic rings. The normalized spacial score (nSPS) is 10.9. The van der Waals surface area contributed by atoms with Crippen LogP contribution in [0.25, 0.3) is 0 Å². The fourth-order valence-electron chi connectivity index (χ4n) is 2.31. The molecule has 0 spiro atoms. The monoisotopic (exact) mass is 316 g/mol. The molecule has 8 nitrogen and oxygen atoms in total. The van der Waals surface area contributed by atoms with E-state index in [4.69, 9.17) is 13.4 Å². The Bertz CT molecular complexity index is 725. The van der Waals surface area contributed by atoms with Crippen LogP contribution in [0.5, 0.6) is 0 Å². The van der Waals surface area contributed by atoms with Crippen molar-refractivity contribution in [3.63, 3.8) is 0 Å². The summed E-state index contributed by atoms with van der Waals surface area (Å²) < 4.78 is 15.1. The van der Waals surface area contributed by atoms with Gasteiger partial charge in [-0.05, 0) is 13.3 Å². The minimum atomic E-state index is -0.188. The van der Waals surface area contributed by atoms with Gasteiger partial charge in [0.05, 0.1) is 30.2 Å². The topological polar surface area (TPSA) is 98.4 Å². The summed E-state index contributed by atoms with van der Waals surface area (Å²) in [5.74, 6) is 0.309. The average molecular weight is 316 g/mol. The van der Waals surface area contributed by atoms with Crippen molar-refractivity contribution in [1.29, 1.82) is 0 Å². The maximum Gasteiger partial charge on any atom is 0.260 e. The minimum Gasteiger partial charge on any atom is -0.451 e. The summed E-state index contributed by atoms with van der Waals surface area (Å²) in [5, 5.41) is 3.94. The molecule has 0 radical (unpaired) electrons. The van der Waals surface area contributed by atoms with Crippen molar-refractivity contribution in [2.24, 2.45) is 0 Å². The second-order valence-electron chi connectivity index (χ2n) is 5.03. The molecule has 3 aromatic rings. The minimum absolute atomic E-state index is 0.188. The standard InChI is InChI=1S/C15H16N4O4/c1-3-13-14(10(2)23-18-13)15(20)19(4-11-6-21-8-16-11)5-12-7-22-9-17-12/h6-9H,3-5H2,1-2H3. The number of aryl methyl sites for hydroxylation is 2. The Hall–Kier alpha value is -2.90. The predicted octanol–water partition coefficient (Wildman–Crippen LogP) is 2.36. The van der Waals surface area contributed by atoms with Crippen molar-refractivity contribution in [3.05, 3.63) is 53.7 Å². The van der Waals surface area contributed by atoms with Crippen molar-refractivity contribution in [1.82, 2.24) is 20.0 Å². The van der Waals surface area contributed by atoms with Gasteiger partial charge in [-0.1, -0.05) is 12.1 Å². The van der Waals surface area contributed by atoms with Crippen LogP contribution in [0, 0.1) is 6.92 Å². The van der Waals surface area contributed by atoms with Crippen molar-refractivity contribution < 1.29 is 18.2 Å². The number of oxazole rings is 2. The van der Waals surface area contributed by atoms with Gasteiger partial charge < -0.3 is 18.3 Å². The summed E-state index contributed by atoms with van der Waals surface area (Å²) in [4.78, 5) is 22.7. The van der Waals surface area contributed by atoms with E-state index in [0.717, 1.165) is 0 Å². The van der Waals surface area contributed by atoms with Crippen molar-refractivity contribution in [2.45, 2.75) is 33.4 Å². The van der Waals surface area contributed by atoms with Gasteiger partial charge in [-0.25, -0.2) is 9.97 Å². The van der Waals surface area contributed by atoms with Gasteiger partial charge in [0, 0.05) is 0 Å². The van der Waals surface area contributed by atoms with Crippen LogP contribution in [-0.2, 0) is 19.5 Å². The van der Waals surface area contributed by atoms with Gasteiger partial charge in [-0.3, -0.25) is 4.79 Å². The fourth-order valence-corrected chi connectivity index (χ4v) is 2.31. The summed E-state index contributed by atoms with van der Waals surface area (Å²) in [6.45, 7) is 4.23. The van der Waals surface area contributed by atoms with E-state index >= 15 is 0 Å². The Labute approximate surface area is 132 Å². The zero-order chi connectivity index (χ0) is 16.2. The number of hydrogen-bond donors (Lipinski definition) is 0. The molecule has 8 heteroatoms. The quantitative estimate of drug-likeness (QED) is 0.688. The molecule has 0 fully saturated rings. The Morgan fingerprint density at radius 1 is 1.13 bits per heavy atom. The van der Waals surface area contributed by atoms with Crippen molar-refractivity contribution in [2.75, 3.05) is 0 Å². The van der Waals surface area contributed by atoms with Gasteiger partial charge in [0.2, 0.25) is 0 Å². The molecule has 0 N–H and O–H groups in total. The second-order valence-corrected chi connectivity index (χ2v) is 5.03. The van der Waals surface area contributed by atoms with E-state index in [-0.39, 0.29) is 19.0 Å². The van der Waals surface area contributed by atoms with Crippen LogP contribution >= 0.6 is 0 Å². The van der Waals surface area contributed by atoms with Crippen LogP contribution < -0.4 is 0 Å². The number of hydrogen-bond acceptors (Lipinski definition) is 7. The molecule has 23 heavy (non-hydrogen) atoms. The van der Waals surface area contributed by atoms with Crippen molar-refractivity contribution >= 4 is 5.91 Å². The molecule has 3 heterocycles. The van der Waals surface area contributed by atoms with Crippen LogP contribution in [0.4, 0.5) is 0 Å². The Morgan fingerprint density at radius 2 is 1.74 bits per heavy atom. The molecule has 0 atom stereocenters. The van der Waals surface area contributed by atoms with Gasteiger partial charge >= 0.3 is 0 Å². The lowest BCUT2D eigenvalue weighted by Gasteiger charge is -2.20. The third-order valence-electron chi connectivity index (χ3n) is 3.44. The third-order valence-corrected chi connectivity index (χ3v) is 3.44. The van der Waals surface area contributed by atoms with E-state index in [1.165, 1.54) is 25.3 Å². The van der Waals surface area contributed by atoms with Gasteiger partial charge in [-0.2, -0.15) is 0 Å². The van der Waals surface area contributed by atoms with E-state index in [1.54, 1.807) is 11.8 Å². The van der Waals surface area contributed by atoms with Crippen LogP contribution in [0.2, 0.25) is 0 Å². The highest BCUT2D eigenvalue weighted by molar-refractivity contribution is 5.96. The summed E-state index contributed by atoms with van der Waals surface area (Å²) in [6, 6.07) is 0. The first kappa shape index (κ1) is 15.0. The molecular weight excluding hydrogens is 300 g/mol. The number of carbonyl (C=O) groups is 1. The number of amides is 1. The van der Waals surface area contributed by atoms with Gasteiger partial charge in [0.1, 0.15) is 23.9 Å². The van der Waals surface area contributed by atoms with Gasteiger partial charge in [-0.15, -0.1) is 0 Å². The number of nitrogens with zero attached hydrogens (tertiary/aromatic N) is 4. The lowest BCUT2D eigenvalue weighted by molar-refractivity contribution is 0.0723. The summed E-state index contributed by atoms with van der Waals surface area (Å²) in [6.07, 6.45) is 6.28. The number of carbonyl (C=O) groups excluding carboxylic acids is 1. The van der Waals surface area contributed by atoms with E-state index < -0.39 is 0 Å². The van der Waals surface area contributed by atoms with Crippen LogP contribution in [0.3, 0.4) is 0 Å². The second kappa shape index (κ2) is 6.47. The van der Waals surface area contributed by atoms with Crippen LogP contribution in [0.1, 0.15) is 40.1 Å². The third kappa shape index (κ3) is 3.15. The molecule has 1 amide bonds. The van der Waals surface area contributed by atoms with E-state index in [1.807, 2.05) is 6.92 Å². The van der Waals surface area contributed by atoms with E-state index in [2.05, 4.69) is 15.1 Å². The highest BCUT2D eigenvalue weighted by Gasteiger charge is 2.25. The molecule has 0 aliphatic carbocycles. The zero-order valence-corrected chi connectivity index (χ0v) is 12.9. The molecule has 0 unspecified atom stereocenters. The summed E-state index contributed by atoms with van der Waals surface area (Å²) >= 11 is 0.